The van der Waals surface area contributed by atoms with Gasteiger partial charge in [-0.3, -0.25) is 37.3 Å². The molecule has 0 aliphatic carbocycles. The van der Waals surface area contributed by atoms with Gasteiger partial charge in [0.2, 0.25) is 11.8 Å². The number of ether oxygens (including phenoxy) is 4. The van der Waals surface area contributed by atoms with Gasteiger partial charge in [-0.15, -0.1) is 0 Å². The highest BCUT2D eigenvalue weighted by molar-refractivity contribution is 7.47. The Morgan fingerprint density at radius 2 is 0.938 bits per heavy atom. The number of esters is 2. The summed E-state index contributed by atoms with van der Waals surface area (Å²) < 4.78 is 64.2. The maximum atomic E-state index is 12.2. The summed E-state index contributed by atoms with van der Waals surface area (Å²) >= 11 is 0. The minimum absolute atomic E-state index is 0.00774. The van der Waals surface area contributed by atoms with Crippen molar-refractivity contribution in [1.29, 1.82) is 0 Å². The van der Waals surface area contributed by atoms with Gasteiger partial charge in [0.25, 0.3) is 0 Å². The molecule has 48 heavy (non-hydrogen) atoms. The standard InChI is InChI=1S/C25H48N4O17P2/c1-17(45-21(5)32)11-39-13-23(28-19(3)30)15-43-47(35,36)41-9-7-26-25(34)27-8-10-42-48(37,38)44-16-24(29-20(4)31)14-40-12-18(2)46-22(6)33/h17-18,23-24H,7-16H2,1-6H3,(H,28,30)(H,29,31)(H,35,36)(H,37,38)(H2,26,27,34)/t17?,18?,23-,24-/m1/s1. The van der Waals surface area contributed by atoms with Crippen LogP contribution >= 0.6 is 15.6 Å². The van der Waals surface area contributed by atoms with E-state index in [4.69, 9.17) is 37.0 Å². The van der Waals surface area contributed by atoms with Crippen LogP contribution in [0.4, 0.5) is 4.79 Å². The number of hydrogen-bond acceptors (Lipinski definition) is 15. The Bertz CT molecular complexity index is 1030. The van der Waals surface area contributed by atoms with Gasteiger partial charge in [0.1, 0.15) is 12.2 Å². The Balaban J connectivity index is 4.37. The van der Waals surface area contributed by atoms with Gasteiger partial charge in [0.05, 0.1) is 64.9 Å². The minimum atomic E-state index is -4.59. The SMILES string of the molecule is CC(=O)N[C@H](COCC(C)OC(C)=O)COP(=O)(O)OCCNC(=O)NCCOP(=O)(O)OC[C@@H](COCC(C)OC(C)=O)NC(C)=O. The average Bonchev–Trinajstić information content (AvgIpc) is 2.93. The van der Waals surface area contributed by atoms with E-state index in [9.17, 15) is 42.9 Å². The molecule has 0 aromatic rings. The normalized spacial score (nSPS) is 16.2. The molecule has 21 nitrogen and oxygen atoms in total. The van der Waals surface area contributed by atoms with Gasteiger partial charge in [-0.25, -0.2) is 13.9 Å². The van der Waals surface area contributed by atoms with E-state index in [0.717, 1.165) is 0 Å². The van der Waals surface area contributed by atoms with Crippen molar-refractivity contribution in [2.75, 3.05) is 65.9 Å². The molecule has 6 atom stereocenters. The molecule has 0 saturated carbocycles. The van der Waals surface area contributed by atoms with Crippen molar-refractivity contribution < 1.29 is 79.9 Å². The molecule has 0 spiro atoms. The second kappa shape index (κ2) is 24.4. The van der Waals surface area contributed by atoms with Crippen molar-refractivity contribution in [1.82, 2.24) is 21.3 Å². The topological polar surface area (TPSA) is 282 Å². The van der Waals surface area contributed by atoms with E-state index in [2.05, 4.69) is 21.3 Å². The van der Waals surface area contributed by atoms with Gasteiger partial charge in [0, 0.05) is 40.8 Å². The summed E-state index contributed by atoms with van der Waals surface area (Å²) in [5.74, 6) is -1.89. The molecular weight excluding hydrogens is 690 g/mol. The summed E-state index contributed by atoms with van der Waals surface area (Å²) in [7, 11) is -9.18. The number of phosphoric ester groups is 2. The van der Waals surface area contributed by atoms with Gasteiger partial charge >= 0.3 is 33.6 Å². The lowest BCUT2D eigenvalue weighted by molar-refractivity contribution is -0.149. The second-order valence-corrected chi connectivity index (χ2v) is 13.0. The summed E-state index contributed by atoms with van der Waals surface area (Å²) in [5.41, 5.74) is 0. The number of rotatable bonds is 26. The molecule has 0 aliphatic rings. The number of urea groups is 1. The lowest BCUT2D eigenvalue weighted by Gasteiger charge is -2.21. The smallest absolute Gasteiger partial charge is 0.460 e. The average molecular weight is 739 g/mol. The lowest BCUT2D eigenvalue weighted by Crippen LogP contribution is -2.41. The predicted octanol–water partition coefficient (Wildman–Crippen LogP) is -0.501. The molecule has 0 saturated heterocycles. The molecule has 0 aromatic heterocycles. The highest BCUT2D eigenvalue weighted by Gasteiger charge is 2.25. The van der Waals surface area contributed by atoms with E-state index in [0.29, 0.717) is 0 Å². The van der Waals surface area contributed by atoms with Gasteiger partial charge in [-0.2, -0.15) is 0 Å². The quantitative estimate of drug-likeness (QED) is 0.0370. The zero-order valence-corrected chi connectivity index (χ0v) is 29.6. The highest BCUT2D eigenvalue weighted by Crippen LogP contribution is 2.43. The Labute approximate surface area is 278 Å². The van der Waals surface area contributed by atoms with Crippen LogP contribution in [0, 0.1) is 0 Å². The molecule has 0 fully saturated rings. The third-order valence-corrected chi connectivity index (χ3v) is 7.02. The largest absolute Gasteiger partial charge is 0.472 e. The first kappa shape index (κ1) is 45.3. The number of hydrogen-bond donors (Lipinski definition) is 6. The van der Waals surface area contributed by atoms with Crippen molar-refractivity contribution in [2.24, 2.45) is 0 Å². The number of carbonyl (C=O) groups excluding carboxylic acids is 5. The molecule has 4 unspecified atom stereocenters. The third kappa shape index (κ3) is 27.3. The van der Waals surface area contributed by atoms with Crippen LogP contribution < -0.4 is 21.3 Å². The van der Waals surface area contributed by atoms with Crippen molar-refractivity contribution in [3.05, 3.63) is 0 Å². The van der Waals surface area contributed by atoms with Crippen LogP contribution in [0.5, 0.6) is 0 Å². The van der Waals surface area contributed by atoms with Crippen molar-refractivity contribution in [2.45, 2.75) is 65.8 Å². The van der Waals surface area contributed by atoms with Crippen LogP contribution in [0.15, 0.2) is 0 Å². The van der Waals surface area contributed by atoms with Gasteiger partial charge in [0.15, 0.2) is 0 Å². The molecule has 0 radical (unpaired) electrons. The maximum absolute atomic E-state index is 12.2. The van der Waals surface area contributed by atoms with Gasteiger partial charge in [-0.1, -0.05) is 0 Å². The van der Waals surface area contributed by atoms with Crippen LogP contribution in [0.3, 0.4) is 0 Å². The van der Waals surface area contributed by atoms with E-state index in [1.165, 1.54) is 27.7 Å². The zero-order chi connectivity index (χ0) is 36.8. The first-order valence-electron chi connectivity index (χ1n) is 14.6. The summed E-state index contributed by atoms with van der Waals surface area (Å²) in [6.07, 6.45) is -1.11. The van der Waals surface area contributed by atoms with Crippen molar-refractivity contribution in [3.8, 4) is 0 Å². The molecule has 0 heterocycles. The Hall–Kier alpha value is -2.71. The lowest BCUT2D eigenvalue weighted by atomic mass is 10.3. The van der Waals surface area contributed by atoms with Gasteiger partial charge < -0.3 is 50.0 Å². The molecule has 0 bridgehead atoms. The Kier molecular flexibility index (Phi) is 23.0. The summed E-state index contributed by atoms with van der Waals surface area (Å²) in [6.45, 7) is 5.62. The first-order valence-corrected chi connectivity index (χ1v) is 17.6. The molecule has 0 rings (SSSR count). The molecule has 23 heteroatoms. The van der Waals surface area contributed by atoms with E-state index >= 15 is 0 Å². The number of amides is 4. The highest BCUT2D eigenvalue weighted by atomic mass is 31.2. The third-order valence-electron chi connectivity index (χ3n) is 5.05. The second-order valence-electron chi connectivity index (χ2n) is 10.1. The molecule has 6 N–H and O–H groups in total. The molecule has 4 amide bonds. The number of nitrogens with one attached hydrogen (secondary N) is 4. The first-order chi connectivity index (χ1) is 22.3. The van der Waals surface area contributed by atoms with Crippen LogP contribution in [0.1, 0.15) is 41.5 Å². The fraction of sp³-hybridized carbons (Fsp3) is 0.800. The van der Waals surface area contributed by atoms with E-state index in [-0.39, 0.29) is 39.5 Å². The number of phosphoric acid groups is 2. The van der Waals surface area contributed by atoms with Crippen LogP contribution in [-0.4, -0.2) is 130 Å². The van der Waals surface area contributed by atoms with E-state index in [1.54, 1.807) is 13.8 Å². The summed E-state index contributed by atoms with van der Waals surface area (Å²) in [4.78, 5) is 76.5. The fourth-order valence-electron chi connectivity index (χ4n) is 3.38. The minimum Gasteiger partial charge on any atom is -0.460 e. The predicted molar refractivity (Wildman–Crippen MR) is 164 cm³/mol. The maximum Gasteiger partial charge on any atom is 0.472 e. The summed E-state index contributed by atoms with van der Waals surface area (Å²) in [6, 6.07) is -2.42. The van der Waals surface area contributed by atoms with Crippen molar-refractivity contribution >= 4 is 45.4 Å². The van der Waals surface area contributed by atoms with E-state index < -0.39 is 96.1 Å². The van der Waals surface area contributed by atoms with Crippen LogP contribution in [-0.2, 0) is 65.4 Å². The monoisotopic (exact) mass is 738 g/mol. The Morgan fingerprint density at radius 3 is 1.25 bits per heavy atom. The molecular formula is C25H48N4O17P2. The number of carbonyl (C=O) groups is 5. The summed E-state index contributed by atoms with van der Waals surface area (Å²) in [5, 5.41) is 9.60. The van der Waals surface area contributed by atoms with Gasteiger partial charge in [-0.05, 0) is 13.8 Å². The Morgan fingerprint density at radius 1 is 0.583 bits per heavy atom. The molecule has 0 aliphatic heterocycles. The van der Waals surface area contributed by atoms with Crippen LogP contribution in [0.2, 0.25) is 0 Å². The zero-order valence-electron chi connectivity index (χ0n) is 27.8. The van der Waals surface area contributed by atoms with Crippen LogP contribution in [0.25, 0.3) is 0 Å². The molecule has 0 aromatic carbocycles. The molecule has 280 valence electrons. The fourth-order valence-corrected chi connectivity index (χ4v) is 4.91. The van der Waals surface area contributed by atoms with Crippen molar-refractivity contribution in [3.63, 3.8) is 0 Å². The van der Waals surface area contributed by atoms with E-state index in [1.807, 2.05) is 0 Å².